The topological polar surface area (TPSA) is 111 Å². The second kappa shape index (κ2) is 59.8. The summed E-state index contributed by atoms with van der Waals surface area (Å²) in [6, 6.07) is 0. The van der Waals surface area contributed by atoms with Crippen LogP contribution in [-0.4, -0.2) is 70.0 Å². The second-order valence-corrected chi connectivity index (χ2v) is 25.6. The van der Waals surface area contributed by atoms with Gasteiger partial charge in [-0.3, -0.25) is 14.2 Å². The third kappa shape index (κ3) is 63.4. The van der Waals surface area contributed by atoms with Gasteiger partial charge in [-0.1, -0.05) is 307 Å². The van der Waals surface area contributed by atoms with Gasteiger partial charge in [-0.25, -0.2) is 0 Å². The van der Waals surface area contributed by atoms with Crippen molar-refractivity contribution in [2.45, 2.75) is 341 Å². The Hall–Kier alpha value is -1.77. The SMILES string of the molecule is CCCCCCC/C=C\C/C=C\C/C=C\CCCCCCCCCCCCCCCCC(=O)OC(COC(=O)CCCCCCCCCCCCCCCCCCCCCCCCCCC)COP(=O)([O-])OCC[N+](C)(C)C. The van der Waals surface area contributed by atoms with E-state index < -0.39 is 26.5 Å². The fourth-order valence-electron chi connectivity index (χ4n) is 9.96. The summed E-state index contributed by atoms with van der Waals surface area (Å²) in [4.78, 5) is 38.0. The zero-order valence-electron chi connectivity index (χ0n) is 52.4. The van der Waals surface area contributed by atoms with E-state index in [1.165, 1.54) is 250 Å². The molecule has 0 heterocycles. The number of carbonyl (C=O) groups excluding carboxylic acids is 2. The van der Waals surface area contributed by atoms with Crippen molar-refractivity contribution in [3.05, 3.63) is 36.5 Å². The van der Waals surface area contributed by atoms with E-state index in [2.05, 4.69) is 50.3 Å². The predicted octanol–water partition coefficient (Wildman–Crippen LogP) is 20.9. The van der Waals surface area contributed by atoms with Crippen LogP contribution in [0, 0.1) is 0 Å². The number of unbranched alkanes of at least 4 members (excludes halogenated alkanes) is 43. The van der Waals surface area contributed by atoms with Crippen molar-refractivity contribution in [3.8, 4) is 0 Å². The van der Waals surface area contributed by atoms with Gasteiger partial charge in [0.15, 0.2) is 6.10 Å². The van der Waals surface area contributed by atoms with Gasteiger partial charge >= 0.3 is 11.9 Å². The van der Waals surface area contributed by atoms with Crippen LogP contribution in [-0.2, 0) is 32.7 Å². The van der Waals surface area contributed by atoms with E-state index in [-0.39, 0.29) is 32.0 Å². The van der Waals surface area contributed by atoms with Crippen LogP contribution in [0.5, 0.6) is 0 Å². The van der Waals surface area contributed by atoms with Crippen molar-refractivity contribution in [2.24, 2.45) is 0 Å². The zero-order chi connectivity index (χ0) is 57.0. The standard InChI is InChI=1S/C68H130NO8P/c1-6-8-10-12-14-16-18-20-22-24-26-28-30-32-33-34-35-37-39-41-43-45-47-49-51-53-55-57-59-61-68(71)77-66(65-76-78(72,73)75-63-62-69(3,4)5)64-74-67(70)60-58-56-54-52-50-48-46-44-42-40-38-36-31-29-27-25-23-21-19-17-15-13-11-9-7-2/h18,20,24,26,30,32,66H,6-17,19,21-23,25,27-29,31,33-65H2,1-5H3/b20-18-,26-24-,32-30-. The highest BCUT2D eigenvalue weighted by atomic mass is 31.2. The molecule has 0 amide bonds. The number of quaternary nitrogens is 1. The molecule has 0 radical (unpaired) electrons. The van der Waals surface area contributed by atoms with Crippen LogP contribution in [0.25, 0.3) is 0 Å². The van der Waals surface area contributed by atoms with Crippen molar-refractivity contribution < 1.29 is 42.1 Å². The van der Waals surface area contributed by atoms with Gasteiger partial charge in [0.2, 0.25) is 0 Å². The Balaban J connectivity index is 4.04. The van der Waals surface area contributed by atoms with Crippen molar-refractivity contribution in [1.82, 2.24) is 0 Å². The first-order valence-corrected chi connectivity index (χ1v) is 35.2. The second-order valence-electron chi connectivity index (χ2n) is 24.2. The van der Waals surface area contributed by atoms with Crippen LogP contribution in [0.4, 0.5) is 0 Å². The summed E-state index contributed by atoms with van der Waals surface area (Å²) in [6.07, 6.45) is 75.0. The first-order chi connectivity index (χ1) is 38.0. The molecule has 0 spiro atoms. The highest BCUT2D eigenvalue weighted by Crippen LogP contribution is 2.38. The summed E-state index contributed by atoms with van der Waals surface area (Å²) in [7, 11) is 1.18. The van der Waals surface area contributed by atoms with Crippen molar-refractivity contribution in [1.29, 1.82) is 0 Å². The number of phosphoric ester groups is 1. The van der Waals surface area contributed by atoms with Gasteiger partial charge in [0.1, 0.15) is 19.8 Å². The molecule has 0 N–H and O–H groups in total. The van der Waals surface area contributed by atoms with Crippen LogP contribution in [0.1, 0.15) is 335 Å². The van der Waals surface area contributed by atoms with Crippen LogP contribution in [0.15, 0.2) is 36.5 Å². The zero-order valence-corrected chi connectivity index (χ0v) is 53.3. The van der Waals surface area contributed by atoms with Crippen molar-refractivity contribution in [3.63, 3.8) is 0 Å². The third-order valence-corrected chi connectivity index (χ3v) is 16.1. The fourth-order valence-corrected chi connectivity index (χ4v) is 10.7. The largest absolute Gasteiger partial charge is 0.756 e. The van der Waals surface area contributed by atoms with E-state index >= 15 is 0 Å². The molecule has 9 nitrogen and oxygen atoms in total. The summed E-state index contributed by atoms with van der Waals surface area (Å²) < 4.78 is 34.3. The molecular formula is C68H130NO8P. The smallest absolute Gasteiger partial charge is 0.306 e. The van der Waals surface area contributed by atoms with Crippen LogP contribution < -0.4 is 4.89 Å². The minimum atomic E-state index is -4.64. The normalized spacial score (nSPS) is 13.4. The molecule has 2 unspecified atom stereocenters. The molecule has 2 atom stereocenters. The Morgan fingerprint density at radius 1 is 0.397 bits per heavy atom. The summed E-state index contributed by atoms with van der Waals surface area (Å²) >= 11 is 0. The number of esters is 2. The van der Waals surface area contributed by atoms with Gasteiger partial charge in [0.25, 0.3) is 7.82 Å². The van der Waals surface area contributed by atoms with E-state index in [9.17, 15) is 19.0 Å². The van der Waals surface area contributed by atoms with E-state index in [1.54, 1.807) is 0 Å². The lowest BCUT2D eigenvalue weighted by Gasteiger charge is -2.28. The van der Waals surface area contributed by atoms with E-state index in [0.29, 0.717) is 17.4 Å². The maximum Gasteiger partial charge on any atom is 0.306 e. The molecule has 460 valence electrons. The number of rotatable bonds is 63. The van der Waals surface area contributed by atoms with E-state index in [0.717, 1.165) is 51.4 Å². The summed E-state index contributed by atoms with van der Waals surface area (Å²) in [5, 5.41) is 0. The molecule has 0 aromatic rings. The Labute approximate surface area is 484 Å². The van der Waals surface area contributed by atoms with Crippen LogP contribution >= 0.6 is 7.82 Å². The van der Waals surface area contributed by atoms with Gasteiger partial charge < -0.3 is 27.9 Å². The van der Waals surface area contributed by atoms with E-state index in [4.69, 9.17) is 18.5 Å². The first-order valence-electron chi connectivity index (χ1n) is 33.7. The van der Waals surface area contributed by atoms with Crippen molar-refractivity contribution in [2.75, 3.05) is 47.5 Å². The highest BCUT2D eigenvalue weighted by Gasteiger charge is 2.22. The lowest BCUT2D eigenvalue weighted by molar-refractivity contribution is -0.870. The minimum Gasteiger partial charge on any atom is -0.756 e. The molecule has 0 aliphatic rings. The molecule has 10 heteroatoms. The Kier molecular flexibility index (Phi) is 58.5. The molecule has 0 aromatic carbocycles. The van der Waals surface area contributed by atoms with Gasteiger partial charge in [0, 0.05) is 12.8 Å². The molecule has 0 aliphatic carbocycles. The van der Waals surface area contributed by atoms with Gasteiger partial charge in [-0.05, 0) is 51.4 Å². The Bertz CT molecular complexity index is 1410. The number of carbonyl (C=O) groups is 2. The number of nitrogens with zero attached hydrogens (tertiary/aromatic N) is 1. The molecule has 0 aromatic heterocycles. The fraction of sp³-hybridized carbons (Fsp3) is 0.882. The number of hydrogen-bond donors (Lipinski definition) is 0. The molecule has 0 aliphatic heterocycles. The van der Waals surface area contributed by atoms with Crippen LogP contribution in [0.3, 0.4) is 0 Å². The maximum absolute atomic E-state index is 12.8. The molecular weight excluding hydrogens is 990 g/mol. The van der Waals surface area contributed by atoms with Gasteiger partial charge in [-0.2, -0.15) is 0 Å². The number of allylic oxidation sites excluding steroid dienone is 6. The minimum absolute atomic E-state index is 0.0286. The molecule has 0 bridgehead atoms. The Morgan fingerprint density at radius 3 is 1.03 bits per heavy atom. The Morgan fingerprint density at radius 2 is 0.692 bits per heavy atom. The molecule has 0 saturated carbocycles. The number of likely N-dealkylation sites (N-methyl/N-ethyl adjacent to an activating group) is 1. The molecule has 0 rings (SSSR count). The average Bonchev–Trinajstić information content (AvgIpc) is 3.41. The van der Waals surface area contributed by atoms with E-state index in [1.807, 2.05) is 21.1 Å². The number of ether oxygens (including phenoxy) is 2. The molecule has 0 fully saturated rings. The molecule has 0 saturated heterocycles. The summed E-state index contributed by atoms with van der Waals surface area (Å²) in [5.41, 5.74) is 0. The quantitative estimate of drug-likeness (QED) is 0.0195. The number of hydrogen-bond acceptors (Lipinski definition) is 8. The highest BCUT2D eigenvalue weighted by molar-refractivity contribution is 7.45. The first kappa shape index (κ1) is 76.2. The van der Waals surface area contributed by atoms with Crippen LogP contribution in [0.2, 0.25) is 0 Å². The predicted molar refractivity (Wildman–Crippen MR) is 333 cm³/mol. The number of phosphoric acid groups is 1. The third-order valence-electron chi connectivity index (χ3n) is 15.2. The summed E-state index contributed by atoms with van der Waals surface area (Å²) in [6.45, 7) is 4.29. The monoisotopic (exact) mass is 1120 g/mol. The average molecular weight is 1120 g/mol. The lowest BCUT2D eigenvalue weighted by Crippen LogP contribution is -2.37. The lowest BCUT2D eigenvalue weighted by atomic mass is 10.0. The van der Waals surface area contributed by atoms with Gasteiger partial charge in [0.05, 0.1) is 27.7 Å². The van der Waals surface area contributed by atoms with Crippen molar-refractivity contribution >= 4 is 19.8 Å². The van der Waals surface area contributed by atoms with Gasteiger partial charge in [-0.15, -0.1) is 0 Å². The maximum atomic E-state index is 12.8. The molecule has 78 heavy (non-hydrogen) atoms. The summed E-state index contributed by atoms with van der Waals surface area (Å²) in [5.74, 6) is -0.815.